The van der Waals surface area contributed by atoms with Crippen LogP contribution < -0.4 is 9.47 Å². The van der Waals surface area contributed by atoms with E-state index < -0.39 is 362 Å². The predicted octanol–water partition coefficient (Wildman–Crippen LogP) is 31.2. The molecule has 0 radical (unpaired) electrons. The number of halogens is 68. The van der Waals surface area contributed by atoms with Crippen molar-refractivity contribution in [2.24, 2.45) is 26.2 Å². The van der Waals surface area contributed by atoms with Crippen LogP contribution in [0.4, 0.5) is 299 Å². The van der Waals surface area contributed by atoms with Crippen molar-refractivity contribution in [3.63, 3.8) is 0 Å². The van der Waals surface area contributed by atoms with Crippen LogP contribution in [-0.4, -0.2) is 204 Å². The highest BCUT2D eigenvalue weighted by Gasteiger charge is 3.01. The molecule has 2 aliphatic rings. The molecule has 0 bridgehead atoms. The Morgan fingerprint density at radius 1 is 0.208 bits per heavy atom. The largest absolute Gasteiger partial charge is 0.489 e. The quantitative estimate of drug-likeness (QED) is 0.0417. The highest BCUT2D eigenvalue weighted by molar-refractivity contribution is 6.07. The van der Waals surface area contributed by atoms with Gasteiger partial charge in [0.2, 0.25) is 0 Å². The molecule has 0 unspecified atom stereocenters. The molecule has 2 aliphatic heterocycles. The molecule has 856 valence electrons. The second-order valence-electron chi connectivity index (χ2n) is 34.5. The zero-order valence-corrected chi connectivity index (χ0v) is 71.2. The van der Waals surface area contributed by atoms with Crippen LogP contribution in [0.3, 0.4) is 0 Å². The molecular formula is C75H46F68N2O4. The van der Waals surface area contributed by atoms with E-state index in [9.17, 15) is 193 Å². The van der Waals surface area contributed by atoms with Gasteiger partial charge in [-0.25, -0.2) is 9.98 Å². The van der Waals surface area contributed by atoms with Gasteiger partial charge in [0.05, 0.1) is 12.1 Å². The third-order valence-corrected chi connectivity index (χ3v) is 22.1. The molecule has 6 nitrogen and oxygen atoms in total. The lowest BCUT2D eigenvalue weighted by atomic mass is 9.75. The maximum absolute atomic E-state index is 16.1. The first-order valence-corrected chi connectivity index (χ1v) is 37.9. The summed E-state index contributed by atoms with van der Waals surface area (Å²) in [6.45, 7) is 1.81. The fraction of sp³-hybridized carbons (Fsp3) is 0.653. The van der Waals surface area contributed by atoms with Crippen LogP contribution in [0, 0.1) is 16.2 Å². The SMILES string of the molecule is CC(C)(C)[C@H]1COC(C(Cc2ccc(OCc3cc(C(F)(F)C(F)(F)C(F)(F)C(F)(F)C(F)(F)C(F)(F)C(F)(F)C(F)(F)F)cc(C(F)(F)C(F)(F)C(F)(F)C(F)(F)C(F)(F)C(F)(F)C(F)(F)C(F)(F)F)c3)cc2)(Cc2ccc(OCc3cc(C(F)(F)C(F)(F)C(F)(F)C(F)(F)C(F)(F)C(F)(F)C(F)(F)C(F)(F)F)cc(C(F)(F)C(F)(F)C(F)(F)C(F)(F)C(F)(F)C(F)(F)C(F)(F)C(F)(F)F)c3)cc2)C2=N[C@@H](C(C)(C)C)CO2)=N1. The van der Waals surface area contributed by atoms with Crippen LogP contribution >= 0.6 is 0 Å². The van der Waals surface area contributed by atoms with Crippen LogP contribution in [-0.2, 0) is 59.2 Å². The van der Waals surface area contributed by atoms with Gasteiger partial charge in [-0.05, 0) is 107 Å². The average Bonchev–Trinajstić information content (AvgIpc) is 1.48. The number of rotatable bonds is 40. The fourth-order valence-corrected chi connectivity index (χ4v) is 12.7. The molecule has 0 fully saturated rings. The van der Waals surface area contributed by atoms with Gasteiger partial charge in [-0.2, -0.15) is 299 Å². The smallest absolute Gasteiger partial charge is 0.460 e. The predicted molar refractivity (Wildman–Crippen MR) is 356 cm³/mol. The van der Waals surface area contributed by atoms with E-state index in [2.05, 4.69) is 9.98 Å². The lowest BCUT2D eigenvalue weighted by Crippen LogP contribution is -2.74. The van der Waals surface area contributed by atoms with E-state index in [-0.39, 0.29) is 0 Å². The standard InChI is InChI=1S/C75H46F68N2O4/c1-41(2,3)37-25-148-39(144-37)43(40-145-38(26-149-40)42(4,5)6,21-27-7-11-35(12-8-27)146-23-29-15-31(44(76,77)48(84,85)52(92,93)56(100,101)60(108,109)64(116,117)68(124,125)72(132,133)134)19-32(16-29)45(78,79)49(86,87)53(94,95)57(102,103)61(110,111)65(118,119)69(126,127)73(135,136)137)22-28-9-13-36(14-10-28)147-24-30-17-33(46(80,81)50(88,89)54(96,97)58(104,105)62(112,113)66(120,121)70(128,129)74(138,139)140)20-34(18-30)47(82,83)51(90,91)55(98,99)59(106,107)63(114,115)67(122,123)71(130,131)75(141,142)143/h7-20,37-38H,21-26H2,1-6H3/t37-,38-/m1/s1. The Labute approximate surface area is 779 Å². The molecule has 4 aromatic rings. The minimum absolute atomic E-state index is 0.292. The normalized spacial score (nSPS) is 17.8. The van der Waals surface area contributed by atoms with Crippen molar-refractivity contribution in [3.05, 3.63) is 129 Å². The lowest BCUT2D eigenvalue weighted by Gasteiger charge is -2.43. The summed E-state index contributed by atoms with van der Waals surface area (Å²) in [5.41, 5.74) is -28.5. The minimum atomic E-state index is -9.72. The van der Waals surface area contributed by atoms with Crippen molar-refractivity contribution in [1.82, 2.24) is 0 Å². The summed E-state index contributed by atoms with van der Waals surface area (Å²) >= 11 is 0. The second kappa shape index (κ2) is 36.4. The third kappa shape index (κ3) is 18.6. The Hall–Kier alpha value is -9.34. The number of aliphatic imine (C=N–C) groups is 2. The van der Waals surface area contributed by atoms with Gasteiger partial charge in [-0.1, -0.05) is 65.8 Å². The summed E-state index contributed by atoms with van der Waals surface area (Å²) in [6, 6.07) is -10.0. The Balaban J connectivity index is 1.59. The number of ether oxygens (including phenoxy) is 4. The van der Waals surface area contributed by atoms with Crippen LogP contribution in [0.25, 0.3) is 0 Å². The first-order chi connectivity index (χ1) is 64.9. The maximum Gasteiger partial charge on any atom is 0.460 e. The van der Waals surface area contributed by atoms with Gasteiger partial charge in [0.15, 0.2) is 11.8 Å². The summed E-state index contributed by atoms with van der Waals surface area (Å²) in [4.78, 5) is 8.96. The number of hydrogen-bond acceptors (Lipinski definition) is 6. The lowest BCUT2D eigenvalue weighted by molar-refractivity contribution is -0.463. The molecule has 0 spiro atoms. The maximum atomic E-state index is 16.1. The molecule has 4 aromatic carbocycles. The first kappa shape index (κ1) is 128. The average molecular weight is 2330 g/mol. The molecule has 0 N–H and O–H groups in total. The Bertz CT molecular complexity index is 4950. The molecule has 2 atom stereocenters. The number of hydrogen-bond donors (Lipinski definition) is 0. The molecule has 0 aromatic heterocycles. The zero-order valence-electron chi connectivity index (χ0n) is 71.2. The van der Waals surface area contributed by atoms with Crippen LogP contribution in [0.5, 0.6) is 11.5 Å². The van der Waals surface area contributed by atoms with Gasteiger partial charge in [0, 0.05) is 22.3 Å². The number of nitrogens with zero attached hydrogens (tertiary/aromatic N) is 2. The number of benzene rings is 4. The van der Waals surface area contributed by atoms with Gasteiger partial charge in [0.25, 0.3) is 0 Å². The molecule has 0 amide bonds. The van der Waals surface area contributed by atoms with E-state index in [1.54, 1.807) is 0 Å². The van der Waals surface area contributed by atoms with E-state index in [1.165, 1.54) is 41.5 Å². The molecule has 149 heavy (non-hydrogen) atoms. The highest BCUT2D eigenvalue weighted by Crippen LogP contribution is 2.73. The van der Waals surface area contributed by atoms with E-state index in [0.717, 1.165) is 0 Å². The molecule has 2 heterocycles. The van der Waals surface area contributed by atoms with Crippen LogP contribution in [0.15, 0.2) is 94.9 Å². The van der Waals surface area contributed by atoms with Crippen molar-refractivity contribution in [2.45, 2.75) is 270 Å². The summed E-state index contributed by atoms with van der Waals surface area (Å²) < 4.78 is 1010. The van der Waals surface area contributed by atoms with Crippen molar-refractivity contribution < 1.29 is 317 Å². The fourth-order valence-electron chi connectivity index (χ4n) is 12.7. The molecular weight excluding hydrogens is 2280 g/mol. The van der Waals surface area contributed by atoms with Crippen molar-refractivity contribution in [1.29, 1.82) is 0 Å². The number of alkyl halides is 68. The Morgan fingerprint density at radius 2 is 0.362 bits per heavy atom. The molecule has 0 saturated carbocycles. The van der Waals surface area contributed by atoms with E-state index in [4.69, 9.17) is 18.9 Å². The van der Waals surface area contributed by atoms with Gasteiger partial charge in [-0.15, -0.1) is 0 Å². The molecule has 6 rings (SSSR count). The second-order valence-corrected chi connectivity index (χ2v) is 34.5. The minimum Gasteiger partial charge on any atom is -0.489 e. The summed E-state index contributed by atoms with van der Waals surface area (Å²) in [5.74, 6) is -264. The van der Waals surface area contributed by atoms with Crippen molar-refractivity contribution in [3.8, 4) is 11.5 Å². The Morgan fingerprint density at radius 3 is 0.510 bits per heavy atom. The van der Waals surface area contributed by atoms with Crippen molar-refractivity contribution >= 4 is 11.8 Å². The van der Waals surface area contributed by atoms with E-state index >= 15 is 105 Å². The highest BCUT2D eigenvalue weighted by atomic mass is 19.5. The van der Waals surface area contributed by atoms with Crippen LogP contribution in [0.2, 0.25) is 0 Å². The van der Waals surface area contributed by atoms with Gasteiger partial charge in [-0.3, -0.25) is 0 Å². The topological polar surface area (TPSA) is 61.6 Å². The summed E-state index contributed by atoms with van der Waals surface area (Å²) in [7, 11) is 0. The van der Waals surface area contributed by atoms with Gasteiger partial charge in [0.1, 0.15) is 43.3 Å². The summed E-state index contributed by atoms with van der Waals surface area (Å²) in [5, 5.41) is 0. The zero-order chi connectivity index (χ0) is 118. The molecule has 74 heteroatoms. The van der Waals surface area contributed by atoms with Gasteiger partial charge < -0.3 is 18.9 Å². The Kier molecular flexibility index (Phi) is 31.4. The third-order valence-electron chi connectivity index (χ3n) is 22.1. The monoisotopic (exact) mass is 2330 g/mol. The molecule has 0 saturated heterocycles. The van der Waals surface area contributed by atoms with Crippen molar-refractivity contribution in [2.75, 3.05) is 13.2 Å². The van der Waals surface area contributed by atoms with Gasteiger partial charge >= 0.3 is 191 Å². The van der Waals surface area contributed by atoms with Crippen LogP contribution in [0.1, 0.15) is 86.1 Å². The molecule has 0 aliphatic carbocycles. The van der Waals surface area contributed by atoms with E-state index in [0.29, 0.717) is 48.5 Å². The van der Waals surface area contributed by atoms with E-state index in [1.807, 2.05) is 0 Å². The first-order valence-electron chi connectivity index (χ1n) is 37.9. The summed E-state index contributed by atoms with van der Waals surface area (Å²) in [6.07, 6.45) is -36.0.